The fraction of sp³-hybridized carbons (Fsp3) is 0.250. The van der Waals surface area contributed by atoms with Crippen LogP contribution in [0, 0.1) is 11.3 Å². The monoisotopic (exact) mass is 293 g/mol. The van der Waals surface area contributed by atoms with Crippen LogP contribution in [0.25, 0.3) is 0 Å². The normalized spacial score (nSPS) is 18.8. The average Bonchev–Trinajstić information content (AvgIpc) is 2.57. The van der Waals surface area contributed by atoms with E-state index in [1.165, 1.54) is 0 Å². The molecule has 5 heteroatoms. The maximum Gasteiger partial charge on any atom is 0.134 e. The highest BCUT2D eigenvalue weighted by molar-refractivity contribution is 9.10. The minimum Gasteiger partial charge on any atom is -0.399 e. The number of hydrogen-bond acceptors (Lipinski definition) is 4. The molecule has 1 aliphatic rings. The summed E-state index contributed by atoms with van der Waals surface area (Å²) in [5.74, 6) is 0. The van der Waals surface area contributed by atoms with Gasteiger partial charge in [0.15, 0.2) is 0 Å². The molecule has 1 aromatic rings. The van der Waals surface area contributed by atoms with Crippen molar-refractivity contribution in [2.75, 3.05) is 12.3 Å². The Balaban J connectivity index is 2.30. The van der Waals surface area contributed by atoms with Crippen molar-refractivity contribution in [3.63, 3.8) is 0 Å². The second kappa shape index (κ2) is 4.49. The van der Waals surface area contributed by atoms with Gasteiger partial charge in [0.1, 0.15) is 6.23 Å². The molecule has 1 atom stereocenters. The number of aliphatic hydroxyl groups is 1. The van der Waals surface area contributed by atoms with E-state index in [0.29, 0.717) is 24.4 Å². The molecule has 0 aliphatic carbocycles. The van der Waals surface area contributed by atoms with Crippen molar-refractivity contribution in [1.82, 2.24) is 4.90 Å². The first-order chi connectivity index (χ1) is 8.02. The molecule has 88 valence electrons. The molecule has 0 radical (unpaired) electrons. The standard InChI is InChI=1S/C12H12BrN3O/c1-7(4-14)5-16-6-10-9(12(16)17)2-8(15)3-11(10)13/h2-3,12,17H,1,5-6,15H2. The quantitative estimate of drug-likeness (QED) is 0.645. The van der Waals surface area contributed by atoms with Gasteiger partial charge in [0.2, 0.25) is 0 Å². The van der Waals surface area contributed by atoms with Crippen LogP contribution < -0.4 is 5.73 Å². The second-order valence-electron chi connectivity index (χ2n) is 4.06. The van der Waals surface area contributed by atoms with E-state index in [9.17, 15) is 5.11 Å². The summed E-state index contributed by atoms with van der Waals surface area (Å²) in [4.78, 5) is 1.78. The highest BCUT2D eigenvalue weighted by Gasteiger charge is 2.30. The van der Waals surface area contributed by atoms with Crippen molar-refractivity contribution in [1.29, 1.82) is 5.26 Å². The van der Waals surface area contributed by atoms with Gasteiger partial charge in [0, 0.05) is 34.4 Å². The number of nitrogens with zero attached hydrogens (tertiary/aromatic N) is 2. The largest absolute Gasteiger partial charge is 0.399 e. The number of fused-ring (bicyclic) bond motifs is 1. The number of nitrogen functional groups attached to an aromatic ring is 1. The summed E-state index contributed by atoms with van der Waals surface area (Å²) in [5, 5.41) is 18.8. The molecule has 2 rings (SSSR count). The third-order valence-electron chi connectivity index (χ3n) is 2.79. The van der Waals surface area contributed by atoms with E-state index in [0.717, 1.165) is 15.6 Å². The van der Waals surface area contributed by atoms with E-state index in [1.807, 2.05) is 12.1 Å². The zero-order valence-electron chi connectivity index (χ0n) is 9.15. The first kappa shape index (κ1) is 12.1. The van der Waals surface area contributed by atoms with Crippen molar-refractivity contribution in [2.24, 2.45) is 0 Å². The van der Waals surface area contributed by atoms with Crippen LogP contribution in [0.3, 0.4) is 0 Å². The number of benzene rings is 1. The molecule has 3 N–H and O–H groups in total. The predicted molar refractivity (Wildman–Crippen MR) is 68.7 cm³/mol. The summed E-state index contributed by atoms with van der Waals surface area (Å²) in [7, 11) is 0. The van der Waals surface area contributed by atoms with Gasteiger partial charge in [0.05, 0.1) is 6.07 Å². The Morgan fingerprint density at radius 1 is 1.71 bits per heavy atom. The zero-order valence-corrected chi connectivity index (χ0v) is 10.7. The van der Waals surface area contributed by atoms with Gasteiger partial charge >= 0.3 is 0 Å². The first-order valence-electron chi connectivity index (χ1n) is 5.10. The van der Waals surface area contributed by atoms with Gasteiger partial charge in [-0.2, -0.15) is 5.26 Å². The van der Waals surface area contributed by atoms with E-state index in [1.54, 1.807) is 11.0 Å². The third-order valence-corrected chi connectivity index (χ3v) is 3.50. The van der Waals surface area contributed by atoms with Crippen LogP contribution in [0.4, 0.5) is 5.69 Å². The molecule has 0 saturated heterocycles. The molecular weight excluding hydrogens is 282 g/mol. The van der Waals surface area contributed by atoms with Crippen LogP contribution >= 0.6 is 15.9 Å². The maximum absolute atomic E-state index is 10.1. The maximum atomic E-state index is 10.1. The van der Waals surface area contributed by atoms with Crippen LogP contribution in [0.1, 0.15) is 17.4 Å². The van der Waals surface area contributed by atoms with Gasteiger partial charge in [-0.25, -0.2) is 0 Å². The Bertz CT molecular complexity index is 521. The number of hydrogen-bond donors (Lipinski definition) is 2. The van der Waals surface area contributed by atoms with Crippen LogP contribution in [0.5, 0.6) is 0 Å². The van der Waals surface area contributed by atoms with Gasteiger partial charge in [0.25, 0.3) is 0 Å². The van der Waals surface area contributed by atoms with E-state index < -0.39 is 6.23 Å². The average molecular weight is 294 g/mol. The topological polar surface area (TPSA) is 73.3 Å². The van der Waals surface area contributed by atoms with Crippen molar-refractivity contribution in [2.45, 2.75) is 12.8 Å². The Morgan fingerprint density at radius 2 is 2.41 bits per heavy atom. The highest BCUT2D eigenvalue weighted by Crippen LogP contribution is 2.37. The lowest BCUT2D eigenvalue weighted by Gasteiger charge is -2.19. The van der Waals surface area contributed by atoms with Crippen LogP contribution in [-0.2, 0) is 6.54 Å². The molecular formula is C12H12BrN3O. The SMILES string of the molecule is C=C(C#N)CN1Cc2c(Br)cc(N)cc2C1O. The molecule has 1 unspecified atom stereocenters. The van der Waals surface area contributed by atoms with Gasteiger partial charge in [-0.05, 0) is 17.7 Å². The Labute approximate surface area is 108 Å². The molecule has 4 nitrogen and oxygen atoms in total. The van der Waals surface area contributed by atoms with Gasteiger partial charge in [-0.15, -0.1) is 0 Å². The minimum absolute atomic E-state index is 0.360. The summed E-state index contributed by atoms with van der Waals surface area (Å²) in [6.45, 7) is 4.56. The first-order valence-corrected chi connectivity index (χ1v) is 5.90. The molecule has 0 spiro atoms. The molecule has 0 amide bonds. The Kier molecular flexibility index (Phi) is 3.20. The van der Waals surface area contributed by atoms with E-state index in [-0.39, 0.29) is 0 Å². The van der Waals surface area contributed by atoms with E-state index in [4.69, 9.17) is 11.0 Å². The fourth-order valence-electron chi connectivity index (χ4n) is 1.99. The van der Waals surface area contributed by atoms with Gasteiger partial charge in [-0.3, -0.25) is 4.90 Å². The number of anilines is 1. The number of nitriles is 1. The van der Waals surface area contributed by atoms with Gasteiger partial charge in [-0.1, -0.05) is 22.5 Å². The summed E-state index contributed by atoms with van der Waals surface area (Å²) in [6.07, 6.45) is -0.727. The Hall–Kier alpha value is -1.35. The molecule has 1 aromatic carbocycles. The molecule has 0 fully saturated rings. The van der Waals surface area contributed by atoms with Crippen molar-refractivity contribution >= 4 is 21.6 Å². The second-order valence-corrected chi connectivity index (χ2v) is 4.92. The third kappa shape index (κ3) is 2.20. The summed E-state index contributed by atoms with van der Waals surface area (Å²) < 4.78 is 0.886. The lowest BCUT2D eigenvalue weighted by molar-refractivity contribution is 0.0212. The van der Waals surface area contributed by atoms with E-state index >= 15 is 0 Å². The number of nitrogens with two attached hydrogens (primary N) is 1. The zero-order chi connectivity index (χ0) is 12.6. The van der Waals surface area contributed by atoms with Crippen LogP contribution in [-0.4, -0.2) is 16.6 Å². The van der Waals surface area contributed by atoms with Crippen molar-refractivity contribution in [3.8, 4) is 6.07 Å². The van der Waals surface area contributed by atoms with Crippen molar-refractivity contribution in [3.05, 3.63) is 39.9 Å². The summed E-state index contributed by atoms with van der Waals surface area (Å²) in [6, 6.07) is 5.56. The highest BCUT2D eigenvalue weighted by atomic mass is 79.9. The molecule has 17 heavy (non-hydrogen) atoms. The lowest BCUT2D eigenvalue weighted by Crippen LogP contribution is -2.23. The molecule has 0 aromatic heterocycles. The number of halogens is 1. The minimum atomic E-state index is -0.727. The van der Waals surface area contributed by atoms with Crippen LogP contribution in [0.2, 0.25) is 0 Å². The Morgan fingerprint density at radius 3 is 3.06 bits per heavy atom. The number of aliphatic hydroxyl groups excluding tert-OH is 1. The lowest BCUT2D eigenvalue weighted by atomic mass is 10.1. The van der Waals surface area contributed by atoms with Gasteiger partial charge < -0.3 is 10.8 Å². The molecule has 1 aliphatic heterocycles. The molecule has 0 saturated carbocycles. The van der Waals surface area contributed by atoms with Crippen LogP contribution in [0.15, 0.2) is 28.8 Å². The summed E-state index contributed by atoms with van der Waals surface area (Å²) >= 11 is 3.43. The molecule has 0 bridgehead atoms. The smallest absolute Gasteiger partial charge is 0.134 e. The number of rotatable bonds is 2. The summed E-state index contributed by atoms with van der Waals surface area (Å²) in [5.41, 5.74) is 8.58. The van der Waals surface area contributed by atoms with Crippen molar-refractivity contribution < 1.29 is 5.11 Å². The van der Waals surface area contributed by atoms with E-state index in [2.05, 4.69) is 22.5 Å². The fourth-order valence-corrected chi connectivity index (χ4v) is 2.60. The molecule has 1 heterocycles. The predicted octanol–water partition coefficient (Wildman–Crippen LogP) is 1.92.